The zero-order valence-electron chi connectivity index (χ0n) is 18.2. The highest BCUT2D eigenvalue weighted by Gasteiger charge is 2.42. The fourth-order valence-corrected chi connectivity index (χ4v) is 4.04. The van der Waals surface area contributed by atoms with E-state index in [1.54, 1.807) is 18.7 Å². The fourth-order valence-electron chi connectivity index (χ4n) is 4.04. The Balaban J connectivity index is 2.25. The zero-order valence-corrected chi connectivity index (χ0v) is 18.2. The van der Waals surface area contributed by atoms with Gasteiger partial charge in [0, 0.05) is 24.0 Å². The van der Waals surface area contributed by atoms with Crippen LogP contribution in [0, 0.1) is 5.92 Å². The van der Waals surface area contributed by atoms with Crippen molar-refractivity contribution < 1.29 is 33.4 Å². The largest absolute Gasteiger partial charge is 0.466 e. The van der Waals surface area contributed by atoms with E-state index in [-0.39, 0.29) is 23.1 Å². The first kappa shape index (κ1) is 23.4. The lowest BCUT2D eigenvalue weighted by molar-refractivity contribution is -0.157. The Hall–Kier alpha value is -2.84. The number of methoxy groups -OCH3 is 2. The van der Waals surface area contributed by atoms with Crippen LogP contribution in [0.2, 0.25) is 0 Å². The summed E-state index contributed by atoms with van der Waals surface area (Å²) in [6.45, 7) is 5.37. The second-order valence-corrected chi connectivity index (χ2v) is 7.37. The van der Waals surface area contributed by atoms with E-state index in [1.165, 1.54) is 14.2 Å². The van der Waals surface area contributed by atoms with Gasteiger partial charge in [0.2, 0.25) is 0 Å². The lowest BCUT2D eigenvalue weighted by atomic mass is 9.85. The van der Waals surface area contributed by atoms with Gasteiger partial charge in [-0.15, -0.1) is 0 Å². The molecule has 2 aliphatic rings. The summed E-state index contributed by atoms with van der Waals surface area (Å²) in [5.41, 5.74) is 0.625. The van der Waals surface area contributed by atoms with Crippen LogP contribution >= 0.6 is 0 Å². The molecule has 9 nitrogen and oxygen atoms in total. The molecule has 0 bridgehead atoms. The van der Waals surface area contributed by atoms with Gasteiger partial charge in [0.15, 0.2) is 6.61 Å². The molecular weight excluding hydrogens is 392 g/mol. The Labute approximate surface area is 176 Å². The number of rotatable bonds is 6. The van der Waals surface area contributed by atoms with Gasteiger partial charge in [-0.1, -0.05) is 6.92 Å². The Bertz CT molecular complexity index is 746. The van der Waals surface area contributed by atoms with Crippen molar-refractivity contribution in [3.05, 3.63) is 22.5 Å². The number of hydrogen-bond donors (Lipinski definition) is 1. The van der Waals surface area contributed by atoms with Gasteiger partial charge in [0.25, 0.3) is 5.91 Å². The third kappa shape index (κ3) is 4.83. The normalized spacial score (nSPS) is 19.9. The number of dihydropyridines is 1. The van der Waals surface area contributed by atoms with E-state index >= 15 is 0 Å². The highest BCUT2D eigenvalue weighted by atomic mass is 16.5. The smallest absolute Gasteiger partial charge is 0.336 e. The number of hydrogen-bond acceptors (Lipinski definition) is 8. The van der Waals surface area contributed by atoms with Crippen molar-refractivity contribution in [1.29, 1.82) is 0 Å². The minimum Gasteiger partial charge on any atom is -0.466 e. The molecule has 0 saturated carbocycles. The molecule has 1 atom stereocenters. The van der Waals surface area contributed by atoms with Crippen LogP contribution in [-0.4, -0.2) is 62.1 Å². The van der Waals surface area contributed by atoms with Gasteiger partial charge in [-0.25, -0.2) is 9.59 Å². The van der Waals surface area contributed by atoms with Crippen LogP contribution in [0.15, 0.2) is 22.5 Å². The molecule has 0 aliphatic carbocycles. The fraction of sp³-hybridized carbons (Fsp3) is 0.619. The maximum Gasteiger partial charge on any atom is 0.336 e. The summed E-state index contributed by atoms with van der Waals surface area (Å²) in [7, 11) is 2.36. The molecule has 1 N–H and O–H groups in total. The Morgan fingerprint density at radius 2 is 1.57 bits per heavy atom. The van der Waals surface area contributed by atoms with Crippen molar-refractivity contribution in [3.8, 4) is 0 Å². The topological polar surface area (TPSA) is 111 Å². The summed E-state index contributed by atoms with van der Waals surface area (Å²) in [5.74, 6) is -4.06. The first-order valence-electron chi connectivity index (χ1n) is 10.1. The third-order valence-electron chi connectivity index (χ3n) is 5.56. The average molecular weight is 422 g/mol. The molecule has 2 rings (SSSR count). The summed E-state index contributed by atoms with van der Waals surface area (Å²) >= 11 is 0. The van der Waals surface area contributed by atoms with Gasteiger partial charge in [-0.3, -0.25) is 9.59 Å². The van der Waals surface area contributed by atoms with Gasteiger partial charge < -0.3 is 24.4 Å². The highest BCUT2D eigenvalue weighted by molar-refractivity contribution is 6.05. The van der Waals surface area contributed by atoms with Crippen molar-refractivity contribution in [2.75, 3.05) is 27.4 Å². The van der Waals surface area contributed by atoms with Crippen LogP contribution in [0.4, 0.5) is 0 Å². The molecule has 1 amide bonds. The zero-order chi connectivity index (χ0) is 22.4. The second-order valence-electron chi connectivity index (χ2n) is 7.37. The summed E-state index contributed by atoms with van der Waals surface area (Å²) in [6, 6.07) is 0.129. The summed E-state index contributed by atoms with van der Waals surface area (Å²) in [4.78, 5) is 52.1. The first-order valence-corrected chi connectivity index (χ1v) is 10.1. The molecular formula is C21H30N2O7. The van der Waals surface area contributed by atoms with Gasteiger partial charge in [0.05, 0.1) is 25.4 Å². The predicted octanol–water partition coefficient (Wildman–Crippen LogP) is 1.43. The van der Waals surface area contributed by atoms with Crippen molar-refractivity contribution in [1.82, 2.24) is 10.2 Å². The van der Waals surface area contributed by atoms with E-state index in [9.17, 15) is 19.2 Å². The molecule has 9 heteroatoms. The molecule has 0 aromatic rings. The number of ether oxygens (including phenoxy) is 3. The van der Waals surface area contributed by atoms with Crippen molar-refractivity contribution >= 4 is 23.8 Å². The number of allylic oxidation sites excluding steroid dienone is 2. The van der Waals surface area contributed by atoms with Crippen LogP contribution in [0.5, 0.6) is 0 Å². The number of esters is 3. The Kier molecular flexibility index (Phi) is 8.02. The van der Waals surface area contributed by atoms with E-state index in [1.807, 2.05) is 6.92 Å². The number of carbonyl (C=O) groups excluding carboxylic acids is 4. The average Bonchev–Trinajstić information content (AvgIpc) is 2.75. The summed E-state index contributed by atoms with van der Waals surface area (Å²) < 4.78 is 14.9. The maximum absolute atomic E-state index is 13.0. The molecule has 0 radical (unpaired) electrons. The number of amides is 1. The van der Waals surface area contributed by atoms with Crippen LogP contribution in [-0.2, 0) is 33.4 Å². The Morgan fingerprint density at radius 1 is 1.00 bits per heavy atom. The van der Waals surface area contributed by atoms with Crippen molar-refractivity contribution in [3.63, 3.8) is 0 Å². The maximum atomic E-state index is 13.0. The molecule has 0 aromatic heterocycles. The highest BCUT2D eigenvalue weighted by Crippen LogP contribution is 2.32. The van der Waals surface area contributed by atoms with Crippen molar-refractivity contribution in [2.24, 2.45) is 5.92 Å². The van der Waals surface area contributed by atoms with Crippen LogP contribution < -0.4 is 5.32 Å². The van der Waals surface area contributed by atoms with E-state index in [4.69, 9.17) is 14.2 Å². The van der Waals surface area contributed by atoms with Crippen LogP contribution in [0.3, 0.4) is 0 Å². The number of nitrogens with zero attached hydrogens (tertiary/aromatic N) is 1. The van der Waals surface area contributed by atoms with E-state index < -0.39 is 30.4 Å². The molecule has 2 heterocycles. The number of carbonyl (C=O) groups is 4. The van der Waals surface area contributed by atoms with E-state index in [0.717, 1.165) is 25.7 Å². The molecule has 166 valence electrons. The molecule has 0 spiro atoms. The summed E-state index contributed by atoms with van der Waals surface area (Å²) in [6.07, 6.45) is 3.73. The second kappa shape index (κ2) is 10.3. The Morgan fingerprint density at radius 3 is 2.07 bits per heavy atom. The minimum atomic E-state index is -1.35. The predicted molar refractivity (Wildman–Crippen MR) is 107 cm³/mol. The van der Waals surface area contributed by atoms with Gasteiger partial charge in [-0.05, 0) is 39.5 Å². The lowest BCUT2D eigenvalue weighted by Crippen LogP contribution is -2.46. The minimum absolute atomic E-state index is 0.0506. The number of piperidine rings is 1. The monoisotopic (exact) mass is 422 g/mol. The lowest BCUT2D eigenvalue weighted by Gasteiger charge is -2.35. The number of nitrogens with one attached hydrogen (secondary N) is 1. The van der Waals surface area contributed by atoms with Crippen LogP contribution in [0.1, 0.15) is 46.5 Å². The molecule has 1 saturated heterocycles. The molecule has 30 heavy (non-hydrogen) atoms. The van der Waals surface area contributed by atoms with Gasteiger partial charge in [0.1, 0.15) is 5.92 Å². The molecule has 2 aliphatic heterocycles. The SMILES string of the molecule is CCC1CCCCN1C(=O)COC(=O)C1C(C(=O)OC)=C(C)NC(C)=C1C(=O)OC. The molecule has 1 unspecified atom stereocenters. The quantitative estimate of drug-likeness (QED) is 0.506. The van der Waals surface area contributed by atoms with Crippen molar-refractivity contribution in [2.45, 2.75) is 52.5 Å². The van der Waals surface area contributed by atoms with Crippen LogP contribution in [0.25, 0.3) is 0 Å². The summed E-state index contributed by atoms with van der Waals surface area (Å²) in [5, 5.41) is 2.90. The van der Waals surface area contributed by atoms with E-state index in [0.29, 0.717) is 17.9 Å². The number of likely N-dealkylation sites (tertiary alicyclic amines) is 1. The standard InChI is InChI=1S/C21H30N2O7/c1-6-14-9-7-8-10-23(14)15(24)11-30-21(27)18-16(19(25)28-4)12(2)22-13(3)17(18)20(26)29-5/h14,18,22H,6-11H2,1-5H3. The molecule has 0 aromatic carbocycles. The molecule has 1 fully saturated rings. The van der Waals surface area contributed by atoms with E-state index in [2.05, 4.69) is 5.32 Å². The van der Waals surface area contributed by atoms with Gasteiger partial charge in [-0.2, -0.15) is 0 Å². The third-order valence-corrected chi connectivity index (χ3v) is 5.56. The first-order chi connectivity index (χ1) is 14.3. The van der Waals surface area contributed by atoms with Gasteiger partial charge >= 0.3 is 17.9 Å².